The molecule has 1 aromatic heterocycles. The fourth-order valence-corrected chi connectivity index (χ4v) is 3.70. The summed E-state index contributed by atoms with van der Waals surface area (Å²) in [5.41, 5.74) is 7.71. The lowest BCUT2D eigenvalue weighted by molar-refractivity contribution is 0.0511. The third-order valence-corrected chi connectivity index (χ3v) is 5.91. The second-order valence-corrected chi connectivity index (χ2v) is 8.89. The number of aromatic nitrogens is 3. The highest BCUT2D eigenvalue weighted by atomic mass is 16.5. The molecule has 2 aromatic carbocycles. The first-order chi connectivity index (χ1) is 18.7. The minimum absolute atomic E-state index is 0.190. The van der Waals surface area contributed by atoms with Crippen LogP contribution >= 0.6 is 0 Å². The van der Waals surface area contributed by atoms with Crippen LogP contribution in [0.25, 0.3) is 0 Å². The summed E-state index contributed by atoms with van der Waals surface area (Å²) in [6, 6.07) is 17.6. The second kappa shape index (κ2) is 14.8. The molecular weight excluding hydrogens is 484 g/mol. The highest BCUT2D eigenvalue weighted by molar-refractivity contribution is 5.95. The zero-order valence-electron chi connectivity index (χ0n) is 21.5. The largest absolute Gasteiger partial charge is 0.378 e. The van der Waals surface area contributed by atoms with Crippen LogP contribution in [0, 0.1) is 0 Å². The predicted molar refractivity (Wildman–Crippen MR) is 148 cm³/mol. The highest BCUT2D eigenvalue weighted by Crippen LogP contribution is 2.23. The summed E-state index contributed by atoms with van der Waals surface area (Å²) in [7, 11) is 0. The van der Waals surface area contributed by atoms with Crippen LogP contribution in [-0.2, 0) is 16.0 Å². The van der Waals surface area contributed by atoms with Crippen molar-refractivity contribution in [2.45, 2.75) is 31.8 Å². The van der Waals surface area contributed by atoms with E-state index in [1.165, 1.54) is 6.42 Å². The van der Waals surface area contributed by atoms with E-state index in [0.717, 1.165) is 18.4 Å². The molecule has 11 heteroatoms. The molecule has 0 atom stereocenters. The van der Waals surface area contributed by atoms with E-state index >= 15 is 0 Å². The number of amides is 1. The Balaban J connectivity index is 1.34. The lowest BCUT2D eigenvalue weighted by atomic mass is 9.93. The Morgan fingerprint density at radius 2 is 1.66 bits per heavy atom. The summed E-state index contributed by atoms with van der Waals surface area (Å²) in [4.78, 5) is 26.3. The van der Waals surface area contributed by atoms with Gasteiger partial charge in [0.15, 0.2) is 0 Å². The molecule has 0 radical (unpaired) electrons. The van der Waals surface area contributed by atoms with Gasteiger partial charge in [-0.2, -0.15) is 15.0 Å². The molecule has 1 fully saturated rings. The number of hydrogen-bond donors (Lipinski definition) is 5. The zero-order chi connectivity index (χ0) is 26.4. The highest BCUT2D eigenvalue weighted by Gasteiger charge is 2.19. The van der Waals surface area contributed by atoms with Crippen LogP contribution in [0.1, 0.15) is 35.2 Å². The molecule has 1 aliphatic carbocycles. The van der Waals surface area contributed by atoms with E-state index < -0.39 is 0 Å². The maximum Gasteiger partial charge on any atom is 0.251 e. The molecular formula is C27H36N8O3. The van der Waals surface area contributed by atoms with Crippen molar-refractivity contribution in [3.05, 3.63) is 65.7 Å². The van der Waals surface area contributed by atoms with Gasteiger partial charge in [-0.05, 0) is 43.0 Å². The van der Waals surface area contributed by atoms with Gasteiger partial charge >= 0.3 is 0 Å². The molecule has 0 spiro atoms. The molecule has 38 heavy (non-hydrogen) atoms. The smallest absolute Gasteiger partial charge is 0.251 e. The molecule has 0 bridgehead atoms. The van der Waals surface area contributed by atoms with Crippen LogP contribution in [0.15, 0.2) is 54.6 Å². The molecule has 1 heterocycles. The molecule has 1 aliphatic rings. The Morgan fingerprint density at radius 3 is 2.42 bits per heavy atom. The summed E-state index contributed by atoms with van der Waals surface area (Å²) in [6.45, 7) is 3.33. The topological polar surface area (TPSA) is 148 Å². The normalized spacial score (nSPS) is 13.0. The zero-order valence-corrected chi connectivity index (χ0v) is 21.5. The van der Waals surface area contributed by atoms with Gasteiger partial charge in [-0.15, -0.1) is 0 Å². The summed E-state index contributed by atoms with van der Waals surface area (Å²) in [5.74, 6) is 1.19. The number of anilines is 4. The van der Waals surface area contributed by atoms with Crippen LogP contribution in [0.2, 0.25) is 0 Å². The number of rotatable bonds is 16. The van der Waals surface area contributed by atoms with Crippen molar-refractivity contribution >= 4 is 29.4 Å². The van der Waals surface area contributed by atoms with E-state index in [1.807, 2.05) is 42.5 Å². The maximum absolute atomic E-state index is 12.6. The first-order valence-electron chi connectivity index (χ1n) is 13.0. The van der Waals surface area contributed by atoms with Crippen LogP contribution in [-0.4, -0.2) is 66.4 Å². The number of hydrogen-bond acceptors (Lipinski definition) is 10. The summed E-state index contributed by atoms with van der Waals surface area (Å²) in [6.07, 6.45) is 3.41. The predicted octanol–water partition coefficient (Wildman–Crippen LogP) is 2.91. The van der Waals surface area contributed by atoms with Crippen molar-refractivity contribution in [3.8, 4) is 0 Å². The summed E-state index contributed by atoms with van der Waals surface area (Å²) >= 11 is 0. The number of nitrogens with zero attached hydrogens (tertiary/aromatic N) is 3. The SMILES string of the molecule is NCCOCCOCCNC(=O)c1cccc(Nc2nc(NCc3ccccc3)nc(NC3CCC3)n2)c1. The monoisotopic (exact) mass is 520 g/mol. The van der Waals surface area contributed by atoms with E-state index in [-0.39, 0.29) is 5.91 Å². The van der Waals surface area contributed by atoms with Crippen molar-refractivity contribution in [1.82, 2.24) is 20.3 Å². The van der Waals surface area contributed by atoms with E-state index in [2.05, 4.69) is 36.2 Å². The number of carbonyl (C=O) groups excluding carboxylic acids is 1. The molecule has 4 rings (SSSR count). The number of carbonyl (C=O) groups is 1. The number of ether oxygens (including phenoxy) is 2. The van der Waals surface area contributed by atoms with Gasteiger partial charge in [0.2, 0.25) is 17.8 Å². The molecule has 0 unspecified atom stereocenters. The average Bonchev–Trinajstić information content (AvgIpc) is 2.92. The minimum atomic E-state index is -0.190. The van der Waals surface area contributed by atoms with Gasteiger partial charge in [0, 0.05) is 36.9 Å². The van der Waals surface area contributed by atoms with Crippen LogP contribution in [0.4, 0.5) is 23.5 Å². The quantitative estimate of drug-likeness (QED) is 0.179. The molecule has 1 saturated carbocycles. The third kappa shape index (κ3) is 8.94. The number of nitrogens with one attached hydrogen (secondary N) is 4. The lowest BCUT2D eigenvalue weighted by Crippen LogP contribution is -2.28. The van der Waals surface area contributed by atoms with Gasteiger partial charge in [-0.3, -0.25) is 4.79 Å². The second-order valence-electron chi connectivity index (χ2n) is 8.89. The first kappa shape index (κ1) is 27.2. The minimum Gasteiger partial charge on any atom is -0.378 e. The van der Waals surface area contributed by atoms with Crippen LogP contribution in [0.5, 0.6) is 0 Å². The fourth-order valence-electron chi connectivity index (χ4n) is 3.70. The van der Waals surface area contributed by atoms with E-state index in [4.69, 9.17) is 15.2 Å². The van der Waals surface area contributed by atoms with Crippen molar-refractivity contribution in [2.24, 2.45) is 5.73 Å². The maximum atomic E-state index is 12.6. The molecule has 6 N–H and O–H groups in total. The molecule has 202 valence electrons. The fraction of sp³-hybridized carbons (Fsp3) is 0.407. The Bertz CT molecular complexity index is 1140. The van der Waals surface area contributed by atoms with Crippen LogP contribution < -0.4 is 27.0 Å². The molecule has 0 aliphatic heterocycles. The Morgan fingerprint density at radius 1 is 0.895 bits per heavy atom. The molecule has 1 amide bonds. The van der Waals surface area contributed by atoms with Gasteiger partial charge in [-0.25, -0.2) is 0 Å². The van der Waals surface area contributed by atoms with Crippen molar-refractivity contribution in [3.63, 3.8) is 0 Å². The Kier molecular flexibility index (Phi) is 10.6. The van der Waals surface area contributed by atoms with Gasteiger partial charge in [0.1, 0.15) is 0 Å². The lowest BCUT2D eigenvalue weighted by Gasteiger charge is -2.26. The average molecular weight is 521 g/mol. The van der Waals surface area contributed by atoms with Crippen molar-refractivity contribution in [2.75, 3.05) is 55.5 Å². The Hall–Kier alpha value is -3.80. The van der Waals surface area contributed by atoms with Gasteiger partial charge in [-0.1, -0.05) is 36.4 Å². The molecule has 0 saturated heterocycles. The van der Waals surface area contributed by atoms with Crippen molar-refractivity contribution < 1.29 is 14.3 Å². The van der Waals surface area contributed by atoms with Gasteiger partial charge in [0.05, 0.1) is 26.4 Å². The number of nitrogens with two attached hydrogens (primary N) is 1. The van der Waals surface area contributed by atoms with E-state index in [9.17, 15) is 4.79 Å². The number of benzene rings is 2. The molecule has 11 nitrogen and oxygen atoms in total. The van der Waals surface area contributed by atoms with E-state index in [0.29, 0.717) is 81.2 Å². The summed E-state index contributed by atoms with van der Waals surface area (Å²) in [5, 5.41) is 12.8. The third-order valence-electron chi connectivity index (χ3n) is 5.91. The van der Waals surface area contributed by atoms with Crippen molar-refractivity contribution in [1.29, 1.82) is 0 Å². The summed E-state index contributed by atoms with van der Waals surface area (Å²) < 4.78 is 10.7. The van der Waals surface area contributed by atoms with Gasteiger partial charge < -0.3 is 36.5 Å². The Labute approximate surface area is 223 Å². The van der Waals surface area contributed by atoms with Crippen LogP contribution in [0.3, 0.4) is 0 Å². The van der Waals surface area contributed by atoms with Gasteiger partial charge in [0.25, 0.3) is 5.91 Å². The first-order valence-corrected chi connectivity index (χ1v) is 13.0. The van der Waals surface area contributed by atoms with E-state index in [1.54, 1.807) is 12.1 Å². The standard InChI is InChI=1S/C27H36N8O3/c28-12-14-37-16-17-38-15-13-29-24(36)21-8-4-11-23(18-21)32-27-34-25(30-19-20-6-2-1-3-7-20)33-26(35-27)31-22-9-5-10-22/h1-4,6-8,11,18,22H,5,9-10,12-17,19,28H2,(H,29,36)(H3,30,31,32,33,34,35). The molecule has 3 aromatic rings.